The van der Waals surface area contributed by atoms with Gasteiger partial charge in [-0.05, 0) is 0 Å². The summed E-state index contributed by atoms with van der Waals surface area (Å²) in [5.74, 6) is -0.990. The van der Waals surface area contributed by atoms with Crippen LogP contribution in [0.3, 0.4) is 0 Å². The molecule has 0 bridgehead atoms. The molecule has 0 heterocycles. The van der Waals surface area contributed by atoms with Gasteiger partial charge in [0, 0.05) is 0 Å². The van der Waals surface area contributed by atoms with E-state index in [1.807, 2.05) is 0 Å². The van der Waals surface area contributed by atoms with Gasteiger partial charge in [0.1, 0.15) is 0 Å². The molecular weight excluding hydrogens is 182 g/mol. The molecule has 0 rings (SSSR count). The lowest BCUT2D eigenvalue weighted by Crippen LogP contribution is -2.57. The maximum absolute atomic E-state index is 11.6. The van der Waals surface area contributed by atoms with Gasteiger partial charge in [0.15, 0.2) is 0 Å². The number of hydrogen-bond acceptors (Lipinski definition) is 3. The van der Waals surface area contributed by atoms with E-state index < -0.39 is 4.48 Å². The molecule has 4 nitrogen and oxygen atoms in total. The summed E-state index contributed by atoms with van der Waals surface area (Å²) in [7, 11) is 1.39. The third kappa shape index (κ3) is 2.07. The highest BCUT2D eigenvalue weighted by Crippen LogP contribution is 2.12. The van der Waals surface area contributed by atoms with Crippen LogP contribution in [-0.4, -0.2) is 29.3 Å². The largest absolute Gasteiger partial charge is 0.328 e. The Morgan fingerprint density at radius 3 is 1.14 bits per heavy atom. The third-order valence-electron chi connectivity index (χ3n) is 2.40. The molecule has 0 atom stereocenters. The first-order chi connectivity index (χ1) is 6.44. The number of nitrogens with zero attached hydrogens (tertiary/aromatic N) is 1. The van der Waals surface area contributed by atoms with Crippen molar-refractivity contribution in [2.45, 2.75) is 40.0 Å². The Morgan fingerprint density at radius 1 is 0.786 bits per heavy atom. The lowest BCUT2D eigenvalue weighted by Gasteiger charge is -2.24. The summed E-state index contributed by atoms with van der Waals surface area (Å²) in [6.45, 7) is 4.97. The molecule has 0 unspecified atom stereocenters. The van der Waals surface area contributed by atoms with Crippen molar-refractivity contribution in [3.63, 3.8) is 0 Å². The Balaban J connectivity index is 5.14. The number of carbonyl (C=O) groups is 3. The normalized spacial score (nSPS) is 11.1. The zero-order valence-electron chi connectivity index (χ0n) is 9.29. The zero-order valence-corrected chi connectivity index (χ0v) is 9.29. The van der Waals surface area contributed by atoms with Crippen LogP contribution < -0.4 is 0 Å². The van der Waals surface area contributed by atoms with Crippen molar-refractivity contribution in [3.8, 4) is 0 Å². The van der Waals surface area contributed by atoms with Gasteiger partial charge in [0.2, 0.25) is 0 Å². The van der Waals surface area contributed by atoms with Gasteiger partial charge in [-0.1, -0.05) is 20.8 Å². The summed E-state index contributed by atoms with van der Waals surface area (Å²) >= 11 is 0. The Labute approximate surface area is 84.5 Å². The Hall–Kier alpha value is -1.03. The van der Waals surface area contributed by atoms with Crippen LogP contribution in [0.15, 0.2) is 0 Å². The minimum absolute atomic E-state index is 0.202. The lowest BCUT2D eigenvalue weighted by atomic mass is 10.2. The molecule has 0 aromatic rings. The fourth-order valence-electron chi connectivity index (χ4n) is 1.37. The van der Waals surface area contributed by atoms with E-state index in [1.54, 1.807) is 20.8 Å². The Bertz CT molecular complexity index is 217. The summed E-state index contributed by atoms with van der Waals surface area (Å²) in [6.07, 6.45) is 0.607. The molecule has 0 aliphatic rings. The van der Waals surface area contributed by atoms with Gasteiger partial charge in [-0.3, -0.25) is 0 Å². The second-order valence-electron chi connectivity index (χ2n) is 3.25. The smallest absolute Gasteiger partial charge is 0.230 e. The SMILES string of the molecule is CCC(=O)[N+](C)(C(=O)CC)C(=O)CC. The number of quaternary nitrogens is 1. The maximum atomic E-state index is 11.6. The first-order valence-corrected chi connectivity index (χ1v) is 4.91. The highest BCUT2D eigenvalue weighted by atomic mass is 16.2. The minimum Gasteiger partial charge on any atom is -0.230 e. The highest BCUT2D eigenvalue weighted by molar-refractivity contribution is 5.97. The maximum Gasteiger partial charge on any atom is 0.328 e. The van der Waals surface area contributed by atoms with E-state index in [9.17, 15) is 14.4 Å². The van der Waals surface area contributed by atoms with E-state index in [0.29, 0.717) is 0 Å². The molecule has 0 aliphatic heterocycles. The fraction of sp³-hybridized carbons (Fsp3) is 0.700. The highest BCUT2D eigenvalue weighted by Gasteiger charge is 2.43. The van der Waals surface area contributed by atoms with E-state index >= 15 is 0 Å². The number of hydrogen-bond donors (Lipinski definition) is 0. The summed E-state index contributed by atoms with van der Waals surface area (Å²) in [5, 5.41) is 0. The van der Waals surface area contributed by atoms with E-state index in [2.05, 4.69) is 0 Å². The van der Waals surface area contributed by atoms with Crippen LogP contribution in [0, 0.1) is 0 Å². The first kappa shape index (κ1) is 13.0. The van der Waals surface area contributed by atoms with Crippen LogP contribution in [0.2, 0.25) is 0 Å². The van der Waals surface area contributed by atoms with Gasteiger partial charge in [0.05, 0.1) is 26.3 Å². The van der Waals surface area contributed by atoms with Crippen LogP contribution in [0.25, 0.3) is 0 Å². The predicted molar refractivity (Wildman–Crippen MR) is 52.1 cm³/mol. The molecular formula is C10H18NO3+. The topological polar surface area (TPSA) is 51.2 Å². The molecule has 4 heteroatoms. The van der Waals surface area contributed by atoms with Gasteiger partial charge in [0.25, 0.3) is 0 Å². The molecule has 0 aliphatic carbocycles. The van der Waals surface area contributed by atoms with E-state index in [0.717, 1.165) is 0 Å². The molecule has 0 radical (unpaired) electrons. The van der Waals surface area contributed by atoms with Gasteiger partial charge in [-0.15, -0.1) is 4.48 Å². The summed E-state index contributed by atoms with van der Waals surface area (Å²) in [4.78, 5) is 34.7. The quantitative estimate of drug-likeness (QED) is 0.644. The molecule has 0 aromatic carbocycles. The van der Waals surface area contributed by atoms with Gasteiger partial charge in [-0.25, -0.2) is 14.4 Å². The number of rotatable bonds is 3. The summed E-state index contributed by atoms with van der Waals surface area (Å²) < 4.78 is -0.677. The van der Waals surface area contributed by atoms with Crippen LogP contribution >= 0.6 is 0 Å². The average molecular weight is 200 g/mol. The van der Waals surface area contributed by atoms with Crippen molar-refractivity contribution < 1.29 is 18.9 Å². The number of imide groups is 3. The molecule has 3 amide bonds. The lowest BCUT2D eigenvalue weighted by molar-refractivity contribution is -0.681. The molecule has 0 fully saturated rings. The van der Waals surface area contributed by atoms with Crippen molar-refractivity contribution in [1.82, 2.24) is 0 Å². The van der Waals surface area contributed by atoms with Crippen molar-refractivity contribution in [2.24, 2.45) is 0 Å². The fourth-order valence-corrected chi connectivity index (χ4v) is 1.37. The van der Waals surface area contributed by atoms with Gasteiger partial charge < -0.3 is 0 Å². The summed E-state index contributed by atoms with van der Waals surface area (Å²) in [5.41, 5.74) is 0. The molecule has 14 heavy (non-hydrogen) atoms. The second-order valence-corrected chi connectivity index (χ2v) is 3.25. The van der Waals surface area contributed by atoms with E-state index in [1.165, 1.54) is 7.05 Å². The molecule has 80 valence electrons. The monoisotopic (exact) mass is 200 g/mol. The summed E-state index contributed by atoms with van der Waals surface area (Å²) in [6, 6.07) is 0. The predicted octanol–water partition coefficient (Wildman–Crippen LogP) is 1.24. The van der Waals surface area contributed by atoms with E-state index in [4.69, 9.17) is 0 Å². The van der Waals surface area contributed by atoms with Crippen molar-refractivity contribution >= 4 is 17.7 Å². The molecule has 0 aromatic heterocycles. The first-order valence-electron chi connectivity index (χ1n) is 4.91. The standard InChI is InChI=1S/C10H18NO3/c1-5-8(12)11(4,9(13)6-2)10(14)7-3/h5-7H2,1-4H3/q+1. The van der Waals surface area contributed by atoms with Crippen LogP contribution in [0.5, 0.6) is 0 Å². The van der Waals surface area contributed by atoms with Crippen LogP contribution in [0.4, 0.5) is 0 Å². The third-order valence-corrected chi connectivity index (χ3v) is 2.40. The van der Waals surface area contributed by atoms with Crippen LogP contribution in [-0.2, 0) is 14.4 Å². The van der Waals surface area contributed by atoms with Gasteiger partial charge in [-0.2, -0.15) is 0 Å². The molecule has 0 saturated heterocycles. The van der Waals surface area contributed by atoms with Crippen molar-refractivity contribution in [2.75, 3.05) is 7.05 Å². The van der Waals surface area contributed by atoms with Crippen molar-refractivity contribution in [1.29, 1.82) is 0 Å². The number of carbonyl (C=O) groups excluding carboxylic acids is 3. The Morgan fingerprint density at radius 2 is 1.00 bits per heavy atom. The Kier molecular flexibility index (Phi) is 4.63. The molecule has 0 spiro atoms. The minimum atomic E-state index is -0.677. The molecule has 0 N–H and O–H groups in total. The molecule has 0 saturated carbocycles. The van der Waals surface area contributed by atoms with E-state index in [-0.39, 0.29) is 37.0 Å². The van der Waals surface area contributed by atoms with Crippen molar-refractivity contribution in [3.05, 3.63) is 0 Å². The zero-order chi connectivity index (χ0) is 11.4. The number of amides is 3. The van der Waals surface area contributed by atoms with Crippen LogP contribution in [0.1, 0.15) is 40.0 Å². The average Bonchev–Trinajstić information content (AvgIpc) is 2.24. The van der Waals surface area contributed by atoms with Gasteiger partial charge >= 0.3 is 17.7 Å². The second kappa shape index (κ2) is 5.00.